The van der Waals surface area contributed by atoms with Crippen LogP contribution in [0.1, 0.15) is 27.5 Å². The molecule has 0 radical (unpaired) electrons. The molecule has 0 aliphatic carbocycles. The van der Waals surface area contributed by atoms with Crippen molar-refractivity contribution in [2.24, 2.45) is 11.5 Å². The molecule has 1 heterocycles. The quantitative estimate of drug-likeness (QED) is 0.495. The van der Waals surface area contributed by atoms with Crippen LogP contribution in [-0.4, -0.2) is 29.7 Å². The monoisotopic (exact) mass is 384 g/mol. The van der Waals surface area contributed by atoms with Crippen molar-refractivity contribution in [2.45, 2.75) is 12.6 Å². The number of para-hydroxylation sites is 1. The van der Waals surface area contributed by atoms with E-state index in [1.807, 2.05) is 0 Å². The van der Waals surface area contributed by atoms with E-state index in [1.165, 1.54) is 25.4 Å². The van der Waals surface area contributed by atoms with E-state index in [4.69, 9.17) is 16.2 Å². The smallest absolute Gasteiger partial charge is 0.250 e. The number of amides is 1. The molecule has 1 atom stereocenters. The number of carbonyl (C=O) groups excluding carboxylic acids is 1. The summed E-state index contributed by atoms with van der Waals surface area (Å²) in [5.41, 5.74) is 13.7. The van der Waals surface area contributed by atoms with Gasteiger partial charge in [-0.25, -0.2) is 4.39 Å². The second-order valence-electron chi connectivity index (χ2n) is 6.21. The number of hydrogen-bond acceptors (Lipinski definition) is 6. The molecule has 146 valence electrons. The van der Waals surface area contributed by atoms with E-state index in [2.05, 4.69) is 10.3 Å². The number of halogens is 1. The number of carbonyl (C=O) groups is 1. The molecule has 0 spiro atoms. The summed E-state index contributed by atoms with van der Waals surface area (Å²) in [5.74, 6) is -0.970. The zero-order valence-electron chi connectivity index (χ0n) is 15.3. The van der Waals surface area contributed by atoms with Crippen LogP contribution in [0.3, 0.4) is 0 Å². The fraction of sp³-hybridized carbons (Fsp3) is 0.200. The predicted molar refractivity (Wildman–Crippen MR) is 105 cm³/mol. The molecule has 8 heteroatoms. The van der Waals surface area contributed by atoms with Crippen LogP contribution in [0.2, 0.25) is 0 Å². The zero-order valence-corrected chi connectivity index (χ0v) is 15.3. The van der Waals surface area contributed by atoms with Crippen LogP contribution < -0.4 is 21.5 Å². The summed E-state index contributed by atoms with van der Waals surface area (Å²) in [6.45, 7) is -0.115. The highest BCUT2D eigenvalue weighted by Gasteiger charge is 2.18. The SMILES string of the molecule is COc1ccc([C@@H](CN)Nc2c(CO)cnc3c(C(N)=O)cccc23)cc1F. The normalized spacial score (nSPS) is 12.0. The number of pyridine rings is 1. The van der Waals surface area contributed by atoms with E-state index >= 15 is 0 Å². The van der Waals surface area contributed by atoms with Gasteiger partial charge in [-0.15, -0.1) is 0 Å². The van der Waals surface area contributed by atoms with Gasteiger partial charge >= 0.3 is 0 Å². The highest BCUT2D eigenvalue weighted by atomic mass is 19.1. The maximum atomic E-state index is 14.1. The average Bonchev–Trinajstić information content (AvgIpc) is 2.71. The second-order valence-corrected chi connectivity index (χ2v) is 6.21. The summed E-state index contributed by atoms with van der Waals surface area (Å²) in [7, 11) is 1.39. The number of rotatable bonds is 7. The number of nitrogens with zero attached hydrogens (tertiary/aromatic N) is 1. The molecular weight excluding hydrogens is 363 g/mol. The van der Waals surface area contributed by atoms with Crippen molar-refractivity contribution < 1.29 is 19.0 Å². The van der Waals surface area contributed by atoms with E-state index in [0.717, 1.165) is 0 Å². The summed E-state index contributed by atoms with van der Waals surface area (Å²) in [6, 6.07) is 9.16. The highest BCUT2D eigenvalue weighted by Crippen LogP contribution is 2.32. The lowest BCUT2D eigenvalue weighted by molar-refractivity contribution is 0.100. The van der Waals surface area contributed by atoms with Crippen LogP contribution in [-0.2, 0) is 6.61 Å². The summed E-state index contributed by atoms with van der Waals surface area (Å²) in [5, 5.41) is 13.6. The Morgan fingerprint density at radius 2 is 2.14 bits per heavy atom. The topological polar surface area (TPSA) is 123 Å². The summed E-state index contributed by atoms with van der Waals surface area (Å²) in [6.07, 6.45) is 1.47. The average molecular weight is 384 g/mol. The molecule has 0 saturated heterocycles. The van der Waals surface area contributed by atoms with Gasteiger partial charge in [0.25, 0.3) is 5.91 Å². The molecule has 0 aliphatic heterocycles. The van der Waals surface area contributed by atoms with Crippen LogP contribution in [0, 0.1) is 5.82 Å². The lowest BCUT2D eigenvalue weighted by atomic mass is 10.0. The van der Waals surface area contributed by atoms with Crippen molar-refractivity contribution >= 4 is 22.5 Å². The minimum atomic E-state index is -0.603. The first-order chi connectivity index (χ1) is 13.5. The van der Waals surface area contributed by atoms with E-state index < -0.39 is 17.8 Å². The van der Waals surface area contributed by atoms with Crippen LogP contribution in [0.25, 0.3) is 10.9 Å². The summed E-state index contributed by atoms with van der Waals surface area (Å²) >= 11 is 0. The van der Waals surface area contributed by atoms with Crippen molar-refractivity contribution in [3.05, 3.63) is 65.1 Å². The minimum absolute atomic E-state index is 0.135. The third kappa shape index (κ3) is 3.60. The lowest BCUT2D eigenvalue weighted by Crippen LogP contribution is -2.22. The highest BCUT2D eigenvalue weighted by molar-refractivity contribution is 6.08. The molecule has 3 aromatic rings. The van der Waals surface area contributed by atoms with Crippen molar-refractivity contribution in [3.8, 4) is 5.75 Å². The Balaban J connectivity index is 2.10. The largest absolute Gasteiger partial charge is 0.494 e. The number of hydrogen-bond donors (Lipinski definition) is 4. The first kappa shape index (κ1) is 19.5. The first-order valence-corrected chi connectivity index (χ1v) is 8.61. The molecule has 0 aliphatic rings. The fourth-order valence-electron chi connectivity index (χ4n) is 3.11. The zero-order chi connectivity index (χ0) is 20.3. The molecule has 28 heavy (non-hydrogen) atoms. The molecule has 6 N–H and O–H groups in total. The van der Waals surface area contributed by atoms with E-state index in [9.17, 15) is 14.3 Å². The Morgan fingerprint density at radius 1 is 1.36 bits per heavy atom. The van der Waals surface area contributed by atoms with Crippen molar-refractivity contribution in [2.75, 3.05) is 19.0 Å². The molecule has 0 bridgehead atoms. The number of aromatic nitrogens is 1. The predicted octanol–water partition coefficient (Wildman–Crippen LogP) is 2.09. The molecule has 3 rings (SSSR count). The number of aliphatic hydroxyl groups excluding tert-OH is 1. The number of anilines is 1. The molecule has 2 aromatic carbocycles. The first-order valence-electron chi connectivity index (χ1n) is 8.61. The van der Waals surface area contributed by atoms with Gasteiger partial charge in [0.05, 0.1) is 36.5 Å². The number of methoxy groups -OCH3 is 1. The maximum absolute atomic E-state index is 14.1. The Kier molecular flexibility index (Phi) is 5.72. The van der Waals surface area contributed by atoms with Gasteiger partial charge < -0.3 is 26.6 Å². The van der Waals surface area contributed by atoms with Crippen molar-refractivity contribution in [1.29, 1.82) is 0 Å². The van der Waals surface area contributed by atoms with E-state index in [0.29, 0.717) is 27.7 Å². The lowest BCUT2D eigenvalue weighted by Gasteiger charge is -2.22. The van der Waals surface area contributed by atoms with E-state index in [-0.39, 0.29) is 24.5 Å². The number of nitrogens with one attached hydrogen (secondary N) is 1. The maximum Gasteiger partial charge on any atom is 0.250 e. The van der Waals surface area contributed by atoms with Crippen LogP contribution in [0.15, 0.2) is 42.6 Å². The minimum Gasteiger partial charge on any atom is -0.494 e. The number of ether oxygens (including phenoxy) is 1. The fourth-order valence-corrected chi connectivity index (χ4v) is 3.11. The van der Waals surface area contributed by atoms with Gasteiger partial charge in [0.15, 0.2) is 11.6 Å². The Bertz CT molecular complexity index is 1030. The Hall–Kier alpha value is -3.23. The van der Waals surface area contributed by atoms with Crippen LogP contribution in [0.5, 0.6) is 5.75 Å². The molecule has 1 aromatic heterocycles. The van der Waals surface area contributed by atoms with Gasteiger partial charge in [0.1, 0.15) is 0 Å². The van der Waals surface area contributed by atoms with E-state index in [1.54, 1.807) is 24.3 Å². The molecular formula is C20H21FN4O3. The number of fused-ring (bicyclic) bond motifs is 1. The van der Waals surface area contributed by atoms with Crippen LogP contribution in [0.4, 0.5) is 10.1 Å². The number of benzene rings is 2. The molecule has 1 amide bonds. The van der Waals surface area contributed by atoms with Gasteiger partial charge in [-0.3, -0.25) is 9.78 Å². The molecule has 0 fully saturated rings. The number of aliphatic hydroxyl groups is 1. The molecule has 0 saturated carbocycles. The van der Waals surface area contributed by atoms with Gasteiger partial charge in [0, 0.05) is 23.7 Å². The summed E-state index contributed by atoms with van der Waals surface area (Å²) < 4.78 is 19.1. The van der Waals surface area contributed by atoms with Crippen LogP contribution >= 0.6 is 0 Å². The molecule has 0 unspecified atom stereocenters. The van der Waals surface area contributed by atoms with Gasteiger partial charge in [-0.1, -0.05) is 18.2 Å². The third-order valence-corrected chi connectivity index (χ3v) is 4.54. The molecule has 7 nitrogen and oxygen atoms in total. The third-order valence-electron chi connectivity index (χ3n) is 4.54. The van der Waals surface area contributed by atoms with Gasteiger partial charge in [-0.05, 0) is 23.8 Å². The van der Waals surface area contributed by atoms with Gasteiger partial charge in [-0.2, -0.15) is 0 Å². The standard InChI is InChI=1S/C20H21FN4O3/c1-28-17-6-5-11(7-15(17)21)16(8-22)25-18-12(10-26)9-24-19-13(18)3-2-4-14(19)20(23)27/h2-7,9,16,26H,8,10,22H2,1H3,(H2,23,27)(H,24,25)/t16-/m1/s1. The van der Waals surface area contributed by atoms with Gasteiger partial charge in [0.2, 0.25) is 0 Å². The number of nitrogens with two attached hydrogens (primary N) is 2. The Morgan fingerprint density at radius 3 is 2.75 bits per heavy atom. The van der Waals surface area contributed by atoms with Crippen molar-refractivity contribution in [1.82, 2.24) is 4.98 Å². The van der Waals surface area contributed by atoms with Crippen molar-refractivity contribution in [3.63, 3.8) is 0 Å². The Labute approximate surface area is 161 Å². The second kappa shape index (κ2) is 8.20. The number of primary amides is 1. The summed E-state index contributed by atoms with van der Waals surface area (Å²) in [4.78, 5) is 16.0.